The minimum absolute atomic E-state index is 0.221. The number of hydrogen-bond acceptors (Lipinski definition) is 4. The van der Waals surface area contributed by atoms with E-state index >= 15 is 0 Å². The molecule has 0 aromatic heterocycles. The Bertz CT molecular complexity index is 1140. The van der Waals surface area contributed by atoms with Crippen LogP contribution >= 0.6 is 11.6 Å². The van der Waals surface area contributed by atoms with E-state index in [0.29, 0.717) is 27.8 Å². The molecule has 162 valence electrons. The molecule has 1 unspecified atom stereocenters. The predicted octanol–water partition coefficient (Wildman–Crippen LogP) is 5.46. The third-order valence-electron chi connectivity index (χ3n) is 4.89. The highest BCUT2D eigenvalue weighted by Crippen LogP contribution is 2.33. The molecule has 2 N–H and O–H groups in total. The van der Waals surface area contributed by atoms with E-state index in [2.05, 4.69) is 10.6 Å². The molecule has 0 saturated heterocycles. The van der Waals surface area contributed by atoms with Crippen molar-refractivity contribution < 1.29 is 19.1 Å². The van der Waals surface area contributed by atoms with Crippen molar-refractivity contribution in [2.45, 2.75) is 13.0 Å². The zero-order valence-electron chi connectivity index (χ0n) is 17.3. The SMILES string of the molecule is CCOC(=O)C1=C(c2ccccc2)NC(=O)NC1c1ccc(Oc2ccc(Cl)cc2)cc1. The van der Waals surface area contributed by atoms with Crippen LogP contribution in [0.2, 0.25) is 5.02 Å². The Hall–Kier alpha value is -3.77. The average molecular weight is 449 g/mol. The van der Waals surface area contributed by atoms with Gasteiger partial charge in [0.25, 0.3) is 0 Å². The first-order valence-corrected chi connectivity index (χ1v) is 10.5. The molecule has 3 aromatic carbocycles. The van der Waals surface area contributed by atoms with Gasteiger partial charge in [0.2, 0.25) is 0 Å². The van der Waals surface area contributed by atoms with Gasteiger partial charge < -0.3 is 20.1 Å². The first-order valence-electron chi connectivity index (χ1n) is 10.1. The lowest BCUT2D eigenvalue weighted by Gasteiger charge is -2.29. The molecule has 0 aliphatic carbocycles. The first kappa shape index (κ1) is 21.5. The van der Waals surface area contributed by atoms with E-state index in [4.69, 9.17) is 21.1 Å². The molecule has 1 aliphatic rings. The second kappa shape index (κ2) is 9.58. The summed E-state index contributed by atoms with van der Waals surface area (Å²) in [6.07, 6.45) is 0. The van der Waals surface area contributed by atoms with E-state index in [1.807, 2.05) is 42.5 Å². The van der Waals surface area contributed by atoms with E-state index in [-0.39, 0.29) is 6.61 Å². The molecule has 32 heavy (non-hydrogen) atoms. The van der Waals surface area contributed by atoms with Crippen molar-refractivity contribution in [3.8, 4) is 11.5 Å². The van der Waals surface area contributed by atoms with E-state index < -0.39 is 18.0 Å². The van der Waals surface area contributed by atoms with Crippen LogP contribution in [0.1, 0.15) is 24.1 Å². The lowest BCUT2D eigenvalue weighted by atomic mass is 9.92. The van der Waals surface area contributed by atoms with Crippen molar-refractivity contribution in [3.63, 3.8) is 0 Å². The third-order valence-corrected chi connectivity index (χ3v) is 5.14. The van der Waals surface area contributed by atoms with Gasteiger partial charge in [0.05, 0.1) is 23.9 Å². The standard InChI is InChI=1S/C25H21ClN2O4/c1-2-31-24(29)21-22(16-6-4-3-5-7-16)27-25(30)28-23(21)17-8-12-19(13-9-17)32-20-14-10-18(26)11-15-20/h3-15,23H,2H2,1H3,(H2,27,28,30). The number of nitrogens with one attached hydrogen (secondary N) is 2. The summed E-state index contributed by atoms with van der Waals surface area (Å²) in [6, 6.07) is 22.4. The van der Waals surface area contributed by atoms with Gasteiger partial charge in [0, 0.05) is 5.02 Å². The lowest BCUT2D eigenvalue weighted by Crippen LogP contribution is -2.45. The number of hydrogen-bond donors (Lipinski definition) is 2. The third kappa shape index (κ3) is 4.76. The smallest absolute Gasteiger partial charge is 0.338 e. The molecule has 1 atom stereocenters. The Kier molecular flexibility index (Phi) is 6.42. The number of halogens is 1. The first-order chi connectivity index (χ1) is 15.5. The molecule has 0 fully saturated rings. The number of carbonyl (C=O) groups is 2. The van der Waals surface area contributed by atoms with Crippen LogP contribution in [0.3, 0.4) is 0 Å². The fourth-order valence-corrected chi connectivity index (χ4v) is 3.57. The molecular weight excluding hydrogens is 428 g/mol. The van der Waals surface area contributed by atoms with Gasteiger partial charge in [0.15, 0.2) is 0 Å². The second-order valence-electron chi connectivity index (χ2n) is 7.03. The number of carbonyl (C=O) groups excluding carboxylic acids is 2. The number of rotatable bonds is 6. The summed E-state index contributed by atoms with van der Waals surface area (Å²) < 4.78 is 11.1. The Labute approximate surface area is 190 Å². The van der Waals surface area contributed by atoms with Gasteiger partial charge in [-0.3, -0.25) is 0 Å². The fourth-order valence-electron chi connectivity index (χ4n) is 3.44. The van der Waals surface area contributed by atoms with Gasteiger partial charge in [-0.15, -0.1) is 0 Å². The summed E-state index contributed by atoms with van der Waals surface area (Å²) in [5, 5.41) is 6.22. The van der Waals surface area contributed by atoms with Crippen molar-refractivity contribution in [1.29, 1.82) is 0 Å². The Balaban J connectivity index is 1.69. The molecule has 4 rings (SSSR count). The zero-order valence-corrected chi connectivity index (χ0v) is 18.1. The monoisotopic (exact) mass is 448 g/mol. The highest BCUT2D eigenvalue weighted by atomic mass is 35.5. The molecule has 3 aromatic rings. The molecule has 7 heteroatoms. The van der Waals surface area contributed by atoms with Gasteiger partial charge in [-0.1, -0.05) is 54.1 Å². The summed E-state index contributed by atoms with van der Waals surface area (Å²) in [6.45, 7) is 1.96. The van der Waals surface area contributed by atoms with Crippen molar-refractivity contribution in [2.24, 2.45) is 0 Å². The van der Waals surface area contributed by atoms with Gasteiger partial charge in [-0.05, 0) is 54.4 Å². The van der Waals surface area contributed by atoms with Crippen LogP contribution in [0.15, 0.2) is 84.4 Å². The molecule has 2 amide bonds. The minimum atomic E-state index is -0.678. The van der Waals surface area contributed by atoms with Crippen LogP contribution in [0.5, 0.6) is 11.5 Å². The van der Waals surface area contributed by atoms with E-state index in [9.17, 15) is 9.59 Å². The Morgan fingerprint density at radius 3 is 2.19 bits per heavy atom. The van der Waals surface area contributed by atoms with Crippen molar-refractivity contribution in [1.82, 2.24) is 10.6 Å². The second-order valence-corrected chi connectivity index (χ2v) is 7.47. The van der Waals surface area contributed by atoms with Gasteiger partial charge in [0.1, 0.15) is 11.5 Å². The number of ether oxygens (including phenoxy) is 2. The van der Waals surface area contributed by atoms with Crippen LogP contribution in [0.4, 0.5) is 4.79 Å². The molecule has 1 heterocycles. The summed E-state index contributed by atoms with van der Waals surface area (Å²) >= 11 is 5.91. The molecule has 6 nitrogen and oxygen atoms in total. The molecule has 0 spiro atoms. The molecule has 0 bridgehead atoms. The fraction of sp³-hybridized carbons (Fsp3) is 0.120. The molecular formula is C25H21ClN2O4. The molecule has 1 aliphatic heterocycles. The van der Waals surface area contributed by atoms with E-state index in [1.165, 1.54) is 0 Å². The zero-order chi connectivity index (χ0) is 22.5. The summed E-state index contributed by atoms with van der Waals surface area (Å²) in [5.41, 5.74) is 2.21. The van der Waals surface area contributed by atoms with Crippen LogP contribution in [-0.2, 0) is 9.53 Å². The number of amides is 2. The van der Waals surface area contributed by atoms with Gasteiger partial charge in [-0.25, -0.2) is 9.59 Å². The van der Waals surface area contributed by atoms with Crippen LogP contribution in [0.25, 0.3) is 5.70 Å². The largest absolute Gasteiger partial charge is 0.463 e. The highest BCUT2D eigenvalue weighted by Gasteiger charge is 2.34. The summed E-state index contributed by atoms with van der Waals surface area (Å²) in [4.78, 5) is 25.3. The van der Waals surface area contributed by atoms with Crippen LogP contribution in [-0.4, -0.2) is 18.6 Å². The van der Waals surface area contributed by atoms with E-state index in [0.717, 1.165) is 11.1 Å². The molecule has 0 saturated carbocycles. The maximum atomic E-state index is 12.9. The topological polar surface area (TPSA) is 76.7 Å². The summed E-state index contributed by atoms with van der Waals surface area (Å²) in [7, 11) is 0. The normalized spacial score (nSPS) is 15.6. The van der Waals surface area contributed by atoms with Crippen molar-refractivity contribution in [2.75, 3.05) is 6.61 Å². The maximum absolute atomic E-state index is 12.9. The van der Waals surface area contributed by atoms with Crippen molar-refractivity contribution >= 4 is 29.3 Å². The van der Waals surface area contributed by atoms with Crippen molar-refractivity contribution in [3.05, 3.63) is 101 Å². The lowest BCUT2D eigenvalue weighted by molar-refractivity contribution is -0.138. The maximum Gasteiger partial charge on any atom is 0.338 e. The van der Waals surface area contributed by atoms with Gasteiger partial charge >= 0.3 is 12.0 Å². The number of urea groups is 1. The molecule has 0 radical (unpaired) electrons. The average Bonchev–Trinajstić information content (AvgIpc) is 2.81. The highest BCUT2D eigenvalue weighted by molar-refractivity contribution is 6.30. The Morgan fingerprint density at radius 1 is 0.938 bits per heavy atom. The van der Waals surface area contributed by atoms with Gasteiger partial charge in [-0.2, -0.15) is 0 Å². The summed E-state index contributed by atoms with van der Waals surface area (Å²) in [5.74, 6) is 0.766. The number of esters is 1. The minimum Gasteiger partial charge on any atom is -0.463 e. The predicted molar refractivity (Wildman–Crippen MR) is 122 cm³/mol. The van der Waals surface area contributed by atoms with Crippen LogP contribution in [0, 0.1) is 0 Å². The quantitative estimate of drug-likeness (QED) is 0.491. The Morgan fingerprint density at radius 2 is 1.56 bits per heavy atom. The number of benzene rings is 3. The van der Waals surface area contributed by atoms with E-state index in [1.54, 1.807) is 43.3 Å². The van der Waals surface area contributed by atoms with Crippen LogP contribution < -0.4 is 15.4 Å².